The Morgan fingerprint density at radius 2 is 2.35 bits per heavy atom. The number of carbonyl (C=O) groups is 2. The molecule has 1 aliphatic rings. The molecular formula is C11H15N5O2S2. The fraction of sp³-hybridized carbons (Fsp3) is 0.455. The first kappa shape index (κ1) is 14.9. The van der Waals surface area contributed by atoms with Gasteiger partial charge in [0.15, 0.2) is 5.13 Å². The van der Waals surface area contributed by atoms with E-state index in [1.165, 1.54) is 29.3 Å². The largest absolute Gasteiger partial charge is 0.365 e. The van der Waals surface area contributed by atoms with Crippen molar-refractivity contribution in [1.82, 2.24) is 10.3 Å². The lowest BCUT2D eigenvalue weighted by atomic mass is 10.4. The number of rotatable bonds is 8. The molecule has 0 saturated heterocycles. The first-order valence-electron chi connectivity index (χ1n) is 6.06. The molecule has 20 heavy (non-hydrogen) atoms. The lowest BCUT2D eigenvalue weighted by Gasteiger charge is -2.09. The normalized spacial score (nSPS) is 21.0. The van der Waals surface area contributed by atoms with Crippen LogP contribution in [0.1, 0.15) is 16.1 Å². The highest BCUT2D eigenvalue weighted by molar-refractivity contribution is 8.02. The number of carbonyl (C=O) groups excluding carboxylic acids is 2. The average molecular weight is 313 g/mol. The molecule has 7 nitrogen and oxygen atoms in total. The van der Waals surface area contributed by atoms with Gasteiger partial charge in [-0.15, -0.1) is 11.8 Å². The highest BCUT2D eigenvalue weighted by Crippen LogP contribution is 2.20. The number of aldehydes is 1. The van der Waals surface area contributed by atoms with Gasteiger partial charge in [0, 0.05) is 12.8 Å². The summed E-state index contributed by atoms with van der Waals surface area (Å²) < 4.78 is 0. The van der Waals surface area contributed by atoms with Crippen molar-refractivity contribution in [2.24, 2.45) is 10.7 Å². The van der Waals surface area contributed by atoms with Crippen LogP contribution in [0, 0.1) is 0 Å². The number of primary amides is 1. The second-order valence-corrected chi connectivity index (χ2v) is 6.31. The first-order valence-corrected chi connectivity index (χ1v) is 7.82. The Labute approximate surface area is 124 Å². The molecule has 2 rings (SSSR count). The van der Waals surface area contributed by atoms with E-state index >= 15 is 0 Å². The number of nitrogens with two attached hydrogens (primary N) is 1. The summed E-state index contributed by atoms with van der Waals surface area (Å²) in [5.41, 5.74) is 5.11. The number of amides is 1. The van der Waals surface area contributed by atoms with E-state index in [-0.39, 0.29) is 10.7 Å². The lowest BCUT2D eigenvalue weighted by molar-refractivity contribution is -0.106. The fourth-order valence-electron chi connectivity index (χ4n) is 1.53. The van der Waals surface area contributed by atoms with Crippen LogP contribution in [0.3, 0.4) is 0 Å². The van der Waals surface area contributed by atoms with Gasteiger partial charge in [-0.2, -0.15) is 0 Å². The number of thiazole rings is 1. The molecule has 0 spiro atoms. The Bertz CT molecular complexity index is 505. The molecule has 0 bridgehead atoms. The minimum Gasteiger partial charge on any atom is -0.365 e. The van der Waals surface area contributed by atoms with Gasteiger partial charge in [-0.3, -0.25) is 15.1 Å². The second kappa shape index (κ2) is 7.36. The maximum atomic E-state index is 10.9. The molecule has 9 heteroatoms. The van der Waals surface area contributed by atoms with Crippen molar-refractivity contribution in [2.75, 3.05) is 18.4 Å². The Hall–Kier alpha value is -1.45. The Balaban J connectivity index is 1.58. The van der Waals surface area contributed by atoms with Gasteiger partial charge in [0.25, 0.3) is 5.91 Å². The zero-order valence-electron chi connectivity index (χ0n) is 10.6. The monoisotopic (exact) mass is 313 g/mol. The van der Waals surface area contributed by atoms with Crippen molar-refractivity contribution in [3.05, 3.63) is 11.1 Å². The third kappa shape index (κ3) is 4.29. The molecule has 0 aromatic carbocycles. The van der Waals surface area contributed by atoms with Crippen molar-refractivity contribution in [3.8, 4) is 0 Å². The van der Waals surface area contributed by atoms with Crippen LogP contribution < -0.4 is 16.4 Å². The summed E-state index contributed by atoms with van der Waals surface area (Å²) in [5, 5.41) is 6.91. The van der Waals surface area contributed by atoms with Gasteiger partial charge in [0.05, 0.1) is 11.4 Å². The predicted molar refractivity (Wildman–Crippen MR) is 81.5 cm³/mol. The van der Waals surface area contributed by atoms with Gasteiger partial charge < -0.3 is 15.8 Å². The van der Waals surface area contributed by atoms with Crippen LogP contribution in [0.4, 0.5) is 5.13 Å². The number of hydrogen-bond donors (Lipinski definition) is 3. The van der Waals surface area contributed by atoms with E-state index in [4.69, 9.17) is 5.73 Å². The Morgan fingerprint density at radius 3 is 3.00 bits per heavy atom. The van der Waals surface area contributed by atoms with Crippen LogP contribution in [0.5, 0.6) is 0 Å². The molecule has 0 fully saturated rings. The highest BCUT2D eigenvalue weighted by Gasteiger charge is 2.18. The highest BCUT2D eigenvalue weighted by atomic mass is 32.2. The molecule has 1 amide bonds. The fourth-order valence-corrected chi connectivity index (χ4v) is 3.08. The molecule has 0 saturated carbocycles. The zero-order valence-corrected chi connectivity index (χ0v) is 12.2. The molecule has 2 heterocycles. The second-order valence-electron chi connectivity index (χ2n) is 4.02. The predicted octanol–water partition coefficient (Wildman–Crippen LogP) is 0.302. The Kier molecular flexibility index (Phi) is 5.50. The summed E-state index contributed by atoms with van der Waals surface area (Å²) in [5.74, 6) is -0.460. The maximum absolute atomic E-state index is 10.9. The molecular weight excluding hydrogens is 298 g/mol. The van der Waals surface area contributed by atoms with Crippen molar-refractivity contribution >= 4 is 46.6 Å². The van der Waals surface area contributed by atoms with Gasteiger partial charge in [-0.1, -0.05) is 11.3 Å². The number of nitrogens with zero attached hydrogens (tertiary/aromatic N) is 2. The molecule has 4 N–H and O–H groups in total. The average Bonchev–Trinajstić information content (AvgIpc) is 3.07. The van der Waals surface area contributed by atoms with Crippen LogP contribution in [0.2, 0.25) is 0 Å². The summed E-state index contributed by atoms with van der Waals surface area (Å²) in [6.07, 6.45) is 4.89. The van der Waals surface area contributed by atoms with Gasteiger partial charge in [-0.05, 0) is 13.0 Å². The van der Waals surface area contributed by atoms with Crippen LogP contribution in [0.25, 0.3) is 0 Å². The van der Waals surface area contributed by atoms with Crippen molar-refractivity contribution in [3.63, 3.8) is 0 Å². The third-order valence-corrected chi connectivity index (χ3v) is 4.55. The van der Waals surface area contributed by atoms with Gasteiger partial charge in [-0.25, -0.2) is 4.98 Å². The van der Waals surface area contributed by atoms with Gasteiger partial charge in [0.1, 0.15) is 16.7 Å². The summed E-state index contributed by atoms with van der Waals surface area (Å²) in [6.45, 7) is 1.51. The quantitative estimate of drug-likeness (QED) is 0.470. The van der Waals surface area contributed by atoms with Crippen molar-refractivity contribution in [1.29, 1.82) is 0 Å². The maximum Gasteiger partial charge on any atom is 0.260 e. The van der Waals surface area contributed by atoms with Crippen molar-refractivity contribution in [2.45, 2.75) is 17.2 Å². The molecule has 1 aromatic heterocycles. The topological polar surface area (TPSA) is 109 Å². The summed E-state index contributed by atoms with van der Waals surface area (Å²) >= 11 is 2.73. The first-order chi connectivity index (χ1) is 9.69. The standard InChI is InChI=1S/C11H15N5O2S2/c12-9(18)8-5-16-11(20-8)14-3-1-2-13-10-15-4-7(6-17)19-10/h4-7,10,13H,1-3H2,(H2,12,18)(H,14,16). The Morgan fingerprint density at radius 1 is 1.50 bits per heavy atom. The van der Waals surface area contributed by atoms with Crippen LogP contribution >= 0.6 is 23.1 Å². The smallest absolute Gasteiger partial charge is 0.260 e. The van der Waals surface area contributed by atoms with Crippen LogP contribution in [-0.4, -0.2) is 47.2 Å². The zero-order chi connectivity index (χ0) is 14.4. The number of aliphatic imine (C=N–C) groups is 1. The molecule has 108 valence electrons. The minimum absolute atomic E-state index is 0.0356. The number of nitrogens with one attached hydrogen (secondary N) is 2. The SMILES string of the molecule is NC(=O)c1cnc(NCCCNC2N=CC(C=O)S2)s1. The third-order valence-electron chi connectivity index (χ3n) is 2.49. The van der Waals surface area contributed by atoms with Gasteiger partial charge in [0.2, 0.25) is 0 Å². The van der Waals surface area contributed by atoms with E-state index in [1.54, 1.807) is 6.21 Å². The molecule has 2 atom stereocenters. The van der Waals surface area contributed by atoms with E-state index in [2.05, 4.69) is 20.6 Å². The molecule has 2 unspecified atom stereocenters. The molecule has 0 radical (unpaired) electrons. The summed E-state index contributed by atoms with van der Waals surface area (Å²) in [7, 11) is 0. The van der Waals surface area contributed by atoms with E-state index in [1.807, 2.05) is 0 Å². The molecule has 1 aliphatic heterocycles. The molecule has 1 aromatic rings. The van der Waals surface area contributed by atoms with E-state index in [9.17, 15) is 9.59 Å². The van der Waals surface area contributed by atoms with Crippen LogP contribution in [0.15, 0.2) is 11.2 Å². The number of hydrogen-bond acceptors (Lipinski definition) is 8. The summed E-state index contributed by atoms with van der Waals surface area (Å²) in [4.78, 5) is 30.1. The van der Waals surface area contributed by atoms with E-state index in [0.29, 0.717) is 10.0 Å². The number of anilines is 1. The number of thioether (sulfide) groups is 1. The summed E-state index contributed by atoms with van der Waals surface area (Å²) in [6, 6.07) is 0. The van der Waals surface area contributed by atoms with Gasteiger partial charge >= 0.3 is 0 Å². The molecule has 0 aliphatic carbocycles. The van der Waals surface area contributed by atoms with Crippen molar-refractivity contribution < 1.29 is 9.59 Å². The van der Waals surface area contributed by atoms with E-state index in [0.717, 1.165) is 25.8 Å². The van der Waals surface area contributed by atoms with Crippen LogP contribution in [-0.2, 0) is 4.79 Å². The lowest BCUT2D eigenvalue weighted by Crippen LogP contribution is -2.25. The number of aromatic nitrogens is 1. The van der Waals surface area contributed by atoms with E-state index < -0.39 is 5.91 Å². The minimum atomic E-state index is -0.460.